The molecule has 0 aliphatic carbocycles. The fourth-order valence-electron chi connectivity index (χ4n) is 1.00. The highest BCUT2D eigenvalue weighted by Crippen LogP contribution is 2.16. The number of H-pyrrole nitrogens is 1. The second-order valence-corrected chi connectivity index (χ2v) is 2.17. The Bertz CT molecular complexity index is 350. The highest BCUT2D eigenvalue weighted by molar-refractivity contribution is 5.89. The van der Waals surface area contributed by atoms with Crippen molar-refractivity contribution in [1.29, 1.82) is 0 Å². The zero-order chi connectivity index (χ0) is 6.97. The lowest BCUT2D eigenvalue weighted by atomic mass is 10.3. The molecule has 50 valence electrons. The smallest absolute Gasteiger partial charge is 0.0661 e. The van der Waals surface area contributed by atoms with Crippen molar-refractivity contribution in [3.8, 4) is 0 Å². The predicted molar refractivity (Wildman–Crippen MR) is 40.5 cm³/mol. The summed E-state index contributed by atoms with van der Waals surface area (Å²) in [6.45, 7) is 0. The van der Waals surface area contributed by atoms with Crippen molar-refractivity contribution in [2.45, 2.75) is 0 Å². The second kappa shape index (κ2) is 1.73. The van der Waals surface area contributed by atoms with Gasteiger partial charge in [-0.05, 0) is 6.07 Å². The third-order valence-electron chi connectivity index (χ3n) is 1.51. The number of hydrogen-bond acceptors (Lipinski definition) is 2. The van der Waals surface area contributed by atoms with Gasteiger partial charge in [-0.2, -0.15) is 0 Å². The third-order valence-corrected chi connectivity index (χ3v) is 1.51. The Hall–Kier alpha value is -1.51. The van der Waals surface area contributed by atoms with E-state index in [2.05, 4.69) is 9.97 Å². The fraction of sp³-hybridized carbons (Fsp3) is 0. The van der Waals surface area contributed by atoms with Crippen LogP contribution in [0, 0.1) is 0 Å². The number of fused-ring (bicyclic) bond motifs is 1. The standard InChI is InChI=1S/C7H7N3/c8-6-3-9-4-7-5(6)1-2-10-7/h1-4,10H,8H2. The summed E-state index contributed by atoms with van der Waals surface area (Å²) < 4.78 is 0. The topological polar surface area (TPSA) is 54.7 Å². The molecule has 2 aromatic rings. The molecule has 0 saturated carbocycles. The molecule has 0 aliphatic heterocycles. The Morgan fingerprint density at radius 2 is 2.30 bits per heavy atom. The van der Waals surface area contributed by atoms with E-state index < -0.39 is 0 Å². The van der Waals surface area contributed by atoms with Crippen LogP contribution in [0.3, 0.4) is 0 Å². The summed E-state index contributed by atoms with van der Waals surface area (Å²) >= 11 is 0. The average molecular weight is 133 g/mol. The van der Waals surface area contributed by atoms with Gasteiger partial charge in [0, 0.05) is 11.6 Å². The number of pyridine rings is 1. The van der Waals surface area contributed by atoms with Crippen LogP contribution in [0.1, 0.15) is 0 Å². The van der Waals surface area contributed by atoms with Crippen molar-refractivity contribution in [3.05, 3.63) is 24.7 Å². The predicted octanol–water partition coefficient (Wildman–Crippen LogP) is 1.15. The molecule has 2 aromatic heterocycles. The quantitative estimate of drug-likeness (QED) is 0.566. The van der Waals surface area contributed by atoms with Crippen LogP contribution in [-0.4, -0.2) is 9.97 Å². The summed E-state index contributed by atoms with van der Waals surface area (Å²) in [5.74, 6) is 0. The van der Waals surface area contributed by atoms with Gasteiger partial charge in [0.25, 0.3) is 0 Å². The minimum atomic E-state index is 0.721. The monoisotopic (exact) mass is 133 g/mol. The van der Waals surface area contributed by atoms with Gasteiger partial charge < -0.3 is 10.7 Å². The number of nitrogens with zero attached hydrogens (tertiary/aromatic N) is 1. The van der Waals surface area contributed by atoms with Gasteiger partial charge in [-0.3, -0.25) is 4.98 Å². The summed E-state index contributed by atoms with van der Waals surface area (Å²) in [4.78, 5) is 6.95. The van der Waals surface area contributed by atoms with Gasteiger partial charge >= 0.3 is 0 Å². The van der Waals surface area contributed by atoms with Crippen LogP contribution in [0.15, 0.2) is 24.7 Å². The number of aromatic amines is 1. The molecule has 0 aliphatic rings. The van der Waals surface area contributed by atoms with Crippen LogP contribution in [0.5, 0.6) is 0 Å². The molecule has 0 aromatic carbocycles. The molecule has 3 heteroatoms. The lowest BCUT2D eigenvalue weighted by Gasteiger charge is -1.91. The number of nitrogens with two attached hydrogens (primary N) is 1. The van der Waals surface area contributed by atoms with Gasteiger partial charge in [-0.1, -0.05) is 0 Å². The number of aromatic nitrogens is 2. The van der Waals surface area contributed by atoms with Crippen molar-refractivity contribution in [2.75, 3.05) is 5.73 Å². The first-order valence-corrected chi connectivity index (χ1v) is 3.04. The summed E-state index contributed by atoms with van der Waals surface area (Å²) in [6, 6.07) is 1.94. The highest BCUT2D eigenvalue weighted by atomic mass is 14.8. The van der Waals surface area contributed by atoms with Gasteiger partial charge in [0.15, 0.2) is 0 Å². The van der Waals surface area contributed by atoms with Gasteiger partial charge in [-0.25, -0.2) is 0 Å². The molecule has 2 heterocycles. The van der Waals surface area contributed by atoms with E-state index in [4.69, 9.17) is 5.73 Å². The molecule has 2 rings (SSSR count). The van der Waals surface area contributed by atoms with Crippen LogP contribution < -0.4 is 5.73 Å². The molecule has 0 bridgehead atoms. The number of nitrogens with one attached hydrogen (secondary N) is 1. The van der Waals surface area contributed by atoms with E-state index in [1.165, 1.54) is 0 Å². The zero-order valence-electron chi connectivity index (χ0n) is 5.33. The lowest BCUT2D eigenvalue weighted by Crippen LogP contribution is -1.85. The molecule has 0 amide bonds. The molecule has 0 atom stereocenters. The van der Waals surface area contributed by atoms with E-state index in [1.54, 1.807) is 12.4 Å². The maximum atomic E-state index is 5.62. The SMILES string of the molecule is Nc1cncc2[nH]ccc12. The average Bonchev–Trinajstić information content (AvgIpc) is 2.36. The Morgan fingerprint density at radius 3 is 3.10 bits per heavy atom. The lowest BCUT2D eigenvalue weighted by molar-refractivity contribution is 1.34. The van der Waals surface area contributed by atoms with E-state index in [0.717, 1.165) is 16.6 Å². The third kappa shape index (κ3) is 0.572. The number of anilines is 1. The molecular formula is C7H7N3. The first kappa shape index (κ1) is 5.29. The summed E-state index contributed by atoms with van der Waals surface area (Å²) in [6.07, 6.45) is 5.25. The largest absolute Gasteiger partial charge is 0.397 e. The molecule has 3 N–H and O–H groups in total. The summed E-state index contributed by atoms with van der Waals surface area (Å²) in [5, 5.41) is 1.04. The molecule has 0 saturated heterocycles. The molecular weight excluding hydrogens is 126 g/mol. The molecule has 0 spiro atoms. The van der Waals surface area contributed by atoms with Crippen LogP contribution in [0.2, 0.25) is 0 Å². The molecule has 0 unspecified atom stereocenters. The molecule has 10 heavy (non-hydrogen) atoms. The molecule has 3 nitrogen and oxygen atoms in total. The van der Waals surface area contributed by atoms with E-state index in [1.807, 2.05) is 12.3 Å². The van der Waals surface area contributed by atoms with Crippen molar-refractivity contribution in [3.63, 3.8) is 0 Å². The van der Waals surface area contributed by atoms with E-state index >= 15 is 0 Å². The first-order valence-electron chi connectivity index (χ1n) is 3.04. The normalized spacial score (nSPS) is 10.4. The van der Waals surface area contributed by atoms with Crippen molar-refractivity contribution in [2.24, 2.45) is 0 Å². The van der Waals surface area contributed by atoms with Crippen LogP contribution in [-0.2, 0) is 0 Å². The van der Waals surface area contributed by atoms with Crippen LogP contribution in [0.25, 0.3) is 10.9 Å². The zero-order valence-corrected chi connectivity index (χ0v) is 5.33. The second-order valence-electron chi connectivity index (χ2n) is 2.17. The van der Waals surface area contributed by atoms with E-state index in [9.17, 15) is 0 Å². The maximum absolute atomic E-state index is 5.62. The van der Waals surface area contributed by atoms with E-state index in [0.29, 0.717) is 0 Å². The number of nitrogen functional groups attached to an aromatic ring is 1. The first-order chi connectivity index (χ1) is 4.88. The minimum Gasteiger partial charge on any atom is -0.397 e. The maximum Gasteiger partial charge on any atom is 0.0661 e. The summed E-state index contributed by atoms with van der Waals surface area (Å²) in [7, 11) is 0. The van der Waals surface area contributed by atoms with E-state index in [-0.39, 0.29) is 0 Å². The Kier molecular flexibility index (Phi) is 0.917. The highest BCUT2D eigenvalue weighted by Gasteiger charge is 1.95. The van der Waals surface area contributed by atoms with Crippen molar-refractivity contribution >= 4 is 16.6 Å². The van der Waals surface area contributed by atoms with Crippen LogP contribution in [0.4, 0.5) is 5.69 Å². The Morgan fingerprint density at radius 1 is 1.40 bits per heavy atom. The molecule has 0 radical (unpaired) electrons. The van der Waals surface area contributed by atoms with Gasteiger partial charge in [0.2, 0.25) is 0 Å². The Labute approximate surface area is 57.9 Å². The summed E-state index contributed by atoms with van der Waals surface area (Å²) in [5.41, 5.74) is 7.33. The van der Waals surface area contributed by atoms with Crippen molar-refractivity contribution < 1.29 is 0 Å². The number of rotatable bonds is 0. The van der Waals surface area contributed by atoms with Gasteiger partial charge in [0.1, 0.15) is 0 Å². The molecule has 0 fully saturated rings. The minimum absolute atomic E-state index is 0.721. The van der Waals surface area contributed by atoms with Crippen molar-refractivity contribution in [1.82, 2.24) is 9.97 Å². The van der Waals surface area contributed by atoms with Gasteiger partial charge in [0.05, 0.1) is 23.6 Å². The number of hydrogen-bond donors (Lipinski definition) is 2. The fourth-order valence-corrected chi connectivity index (χ4v) is 1.00. The van der Waals surface area contributed by atoms with Gasteiger partial charge in [-0.15, -0.1) is 0 Å². The van der Waals surface area contributed by atoms with Crippen LogP contribution >= 0.6 is 0 Å². The Balaban J connectivity index is 2.95.